The first-order valence-corrected chi connectivity index (χ1v) is 12.1. The Morgan fingerprint density at radius 2 is 2.03 bits per heavy atom. The van der Waals surface area contributed by atoms with Crippen LogP contribution in [0.3, 0.4) is 0 Å². The molecule has 0 spiro atoms. The number of nitrogens with zero attached hydrogens (tertiary/aromatic N) is 4. The number of anilines is 1. The molecule has 6 rings (SSSR count). The van der Waals surface area contributed by atoms with E-state index in [1.54, 1.807) is 18.2 Å². The van der Waals surface area contributed by atoms with Crippen LogP contribution < -0.4 is 4.90 Å². The van der Waals surface area contributed by atoms with Crippen molar-refractivity contribution in [1.29, 1.82) is 5.26 Å². The lowest BCUT2D eigenvalue weighted by Crippen LogP contribution is -2.39. The predicted molar refractivity (Wildman–Crippen MR) is 134 cm³/mol. The van der Waals surface area contributed by atoms with Crippen molar-refractivity contribution in [2.45, 2.75) is 44.7 Å². The summed E-state index contributed by atoms with van der Waals surface area (Å²) < 4.78 is 14.2. The van der Waals surface area contributed by atoms with Gasteiger partial charge in [0.15, 0.2) is 0 Å². The summed E-state index contributed by atoms with van der Waals surface area (Å²) in [5, 5.41) is 10.0. The first kappa shape index (κ1) is 21.1. The van der Waals surface area contributed by atoms with Gasteiger partial charge in [-0.2, -0.15) is 5.26 Å². The minimum atomic E-state index is -0.218. The lowest BCUT2D eigenvalue weighted by molar-refractivity contribution is 0.184. The minimum absolute atomic E-state index is 0.218. The highest BCUT2D eigenvalue weighted by molar-refractivity contribution is 6.02. The monoisotopic (exact) mass is 453 g/mol. The van der Waals surface area contributed by atoms with E-state index in [0.29, 0.717) is 6.04 Å². The zero-order valence-corrected chi connectivity index (χ0v) is 19.4. The van der Waals surface area contributed by atoms with Gasteiger partial charge in [-0.1, -0.05) is 11.6 Å². The maximum Gasteiger partial charge on any atom is 0.138 e. The second-order valence-electron chi connectivity index (χ2n) is 9.72. The molecule has 1 aromatic carbocycles. The van der Waals surface area contributed by atoms with Crippen LogP contribution in [0.2, 0.25) is 0 Å². The Labute approximate surface area is 199 Å². The largest absolute Gasteiger partial charge is 0.370 e. The number of hydrogen-bond donors (Lipinski definition) is 1. The number of pyridine rings is 1. The number of nitrogens with one attached hydrogen (secondary N) is 1. The van der Waals surface area contributed by atoms with E-state index in [-0.39, 0.29) is 5.82 Å². The van der Waals surface area contributed by atoms with Crippen molar-refractivity contribution < 1.29 is 4.39 Å². The Balaban J connectivity index is 1.32. The van der Waals surface area contributed by atoms with E-state index in [1.165, 1.54) is 22.4 Å². The smallest absolute Gasteiger partial charge is 0.138 e. The van der Waals surface area contributed by atoms with Gasteiger partial charge in [-0.25, -0.2) is 9.37 Å². The predicted octanol–water partition coefficient (Wildman–Crippen LogP) is 5.80. The second kappa shape index (κ2) is 8.41. The Morgan fingerprint density at radius 1 is 1.18 bits per heavy atom. The number of aromatic nitrogens is 2. The first-order valence-electron chi connectivity index (χ1n) is 12.1. The van der Waals surface area contributed by atoms with Crippen LogP contribution in [0.1, 0.15) is 43.4 Å². The summed E-state index contributed by atoms with van der Waals surface area (Å²) in [5.41, 5.74) is 8.96. The molecule has 5 nitrogen and oxygen atoms in total. The number of fused-ring (bicyclic) bond motifs is 2. The molecule has 0 amide bonds. The van der Waals surface area contributed by atoms with Crippen LogP contribution in [0.25, 0.3) is 27.7 Å². The van der Waals surface area contributed by atoms with Crippen LogP contribution in [0, 0.1) is 17.1 Å². The average Bonchev–Trinajstić information content (AvgIpc) is 3.17. The summed E-state index contributed by atoms with van der Waals surface area (Å²) in [7, 11) is 2.08. The van der Waals surface area contributed by atoms with Crippen LogP contribution in [0.15, 0.2) is 48.2 Å². The molecule has 0 saturated heterocycles. The van der Waals surface area contributed by atoms with E-state index in [0.717, 1.165) is 79.6 Å². The Hall–Kier alpha value is -3.43. The van der Waals surface area contributed by atoms with Crippen LogP contribution in [-0.2, 0) is 6.54 Å². The Kier molecular flexibility index (Phi) is 5.23. The molecule has 1 aliphatic carbocycles. The summed E-state index contributed by atoms with van der Waals surface area (Å²) in [6.07, 6.45) is 11.3. The van der Waals surface area contributed by atoms with Crippen LogP contribution in [-0.4, -0.2) is 41.0 Å². The van der Waals surface area contributed by atoms with Gasteiger partial charge < -0.3 is 9.88 Å². The molecule has 1 saturated carbocycles. The third-order valence-corrected chi connectivity index (χ3v) is 7.80. The fraction of sp³-hybridized carbons (Fsp3) is 0.357. The summed E-state index contributed by atoms with van der Waals surface area (Å²) in [5.74, 6) is -0.218. The SMILES string of the molecule is CN1Cc2c(C3=CCN(C4CCC(=CC#N)CC4)CC3)[nH]c3nccc(c23)-c2cc(F)ccc21. The lowest BCUT2D eigenvalue weighted by atomic mass is 9.88. The van der Waals surface area contributed by atoms with E-state index in [9.17, 15) is 4.39 Å². The van der Waals surface area contributed by atoms with Gasteiger partial charge in [0, 0.05) is 72.9 Å². The minimum Gasteiger partial charge on any atom is -0.370 e. The molecule has 34 heavy (non-hydrogen) atoms. The number of aromatic amines is 1. The van der Waals surface area contributed by atoms with Gasteiger partial charge in [0.2, 0.25) is 0 Å². The van der Waals surface area contributed by atoms with Crippen LogP contribution in [0.4, 0.5) is 10.1 Å². The third-order valence-electron chi connectivity index (χ3n) is 7.80. The van der Waals surface area contributed by atoms with Crippen molar-refractivity contribution >= 4 is 22.3 Å². The van der Waals surface area contributed by atoms with Crippen LogP contribution >= 0.6 is 0 Å². The van der Waals surface area contributed by atoms with Gasteiger partial charge >= 0.3 is 0 Å². The molecular weight excluding hydrogens is 425 g/mol. The van der Waals surface area contributed by atoms with E-state index < -0.39 is 0 Å². The lowest BCUT2D eigenvalue weighted by Gasteiger charge is -2.36. The molecular formula is C28H28FN5. The zero-order chi connectivity index (χ0) is 23.2. The van der Waals surface area contributed by atoms with E-state index >= 15 is 0 Å². The van der Waals surface area contributed by atoms with Crippen molar-refractivity contribution in [3.63, 3.8) is 0 Å². The third kappa shape index (κ3) is 3.52. The van der Waals surface area contributed by atoms with Crippen LogP contribution in [0.5, 0.6) is 0 Å². The quantitative estimate of drug-likeness (QED) is 0.498. The fourth-order valence-corrected chi connectivity index (χ4v) is 6.03. The van der Waals surface area contributed by atoms with Gasteiger partial charge in [-0.3, -0.25) is 4.90 Å². The van der Waals surface area contributed by atoms with Crippen molar-refractivity contribution in [2.75, 3.05) is 25.0 Å². The van der Waals surface area contributed by atoms with Crippen molar-refractivity contribution in [2.24, 2.45) is 0 Å². The number of rotatable bonds is 2. The molecule has 6 heteroatoms. The molecule has 0 bridgehead atoms. The molecule has 1 fully saturated rings. The fourth-order valence-electron chi connectivity index (χ4n) is 6.03. The van der Waals surface area contributed by atoms with E-state index in [1.807, 2.05) is 18.3 Å². The maximum absolute atomic E-state index is 14.2. The summed E-state index contributed by atoms with van der Waals surface area (Å²) in [6.45, 7) is 2.75. The van der Waals surface area contributed by atoms with Gasteiger partial charge in [-0.15, -0.1) is 0 Å². The summed E-state index contributed by atoms with van der Waals surface area (Å²) in [4.78, 5) is 13.1. The van der Waals surface area contributed by atoms with Gasteiger partial charge in [0.25, 0.3) is 0 Å². The van der Waals surface area contributed by atoms with E-state index in [2.05, 4.69) is 39.0 Å². The highest BCUT2D eigenvalue weighted by Crippen LogP contribution is 2.43. The van der Waals surface area contributed by atoms with Crippen molar-refractivity contribution in [1.82, 2.24) is 14.9 Å². The average molecular weight is 454 g/mol. The van der Waals surface area contributed by atoms with Gasteiger partial charge in [0.05, 0.1) is 6.07 Å². The molecule has 2 aromatic heterocycles. The number of benzene rings is 1. The molecule has 0 unspecified atom stereocenters. The molecule has 0 radical (unpaired) electrons. The Bertz CT molecular complexity index is 1370. The zero-order valence-electron chi connectivity index (χ0n) is 19.4. The molecule has 0 atom stereocenters. The summed E-state index contributed by atoms with van der Waals surface area (Å²) in [6, 6.07) is 9.86. The topological polar surface area (TPSA) is 59.0 Å². The summed E-state index contributed by atoms with van der Waals surface area (Å²) >= 11 is 0. The van der Waals surface area contributed by atoms with Gasteiger partial charge in [-0.05, 0) is 67.5 Å². The molecule has 3 aromatic rings. The molecule has 172 valence electrons. The van der Waals surface area contributed by atoms with Crippen molar-refractivity contribution in [3.8, 4) is 17.2 Å². The number of nitriles is 1. The number of hydrogen-bond acceptors (Lipinski definition) is 4. The number of halogens is 1. The highest BCUT2D eigenvalue weighted by atomic mass is 19.1. The molecule has 2 aliphatic heterocycles. The standard InChI is InChI=1S/C28H28FN5/c1-33-17-24-26-22(23-16-20(29)4-7-25(23)33)9-13-31-28(26)32-27(24)19-10-14-34(15-11-19)21-5-2-18(3-6-21)8-12-30/h4,7-10,13,16,21H,2-3,5-6,11,14-15,17H2,1H3,(H,31,32). The molecule has 1 N–H and O–H groups in total. The second-order valence-corrected chi connectivity index (χ2v) is 9.72. The van der Waals surface area contributed by atoms with E-state index in [4.69, 9.17) is 5.26 Å². The maximum atomic E-state index is 14.2. The first-order chi connectivity index (χ1) is 16.6. The number of allylic oxidation sites excluding steroid dienone is 2. The molecule has 3 aliphatic rings. The van der Waals surface area contributed by atoms with Gasteiger partial charge in [0.1, 0.15) is 11.5 Å². The molecule has 4 heterocycles. The van der Waals surface area contributed by atoms with Crippen molar-refractivity contribution in [3.05, 3.63) is 65.3 Å². The highest BCUT2D eigenvalue weighted by Gasteiger charge is 2.28. The normalized spacial score (nSPS) is 20.5. The Morgan fingerprint density at radius 3 is 2.79 bits per heavy atom. The number of H-pyrrole nitrogens is 1.